The highest BCUT2D eigenvalue weighted by atomic mass is 79.9. The summed E-state index contributed by atoms with van der Waals surface area (Å²) in [7, 11) is 1.34. The number of rotatable bonds is 4. The zero-order valence-corrected chi connectivity index (χ0v) is 12.9. The van der Waals surface area contributed by atoms with E-state index in [1.807, 2.05) is 31.2 Å². The Kier molecular flexibility index (Phi) is 4.39. The smallest absolute Gasteiger partial charge is 0.333 e. The molecule has 20 heavy (non-hydrogen) atoms. The van der Waals surface area contributed by atoms with Crippen LogP contribution in [0.1, 0.15) is 11.3 Å². The quantitative estimate of drug-likeness (QED) is 0.631. The highest BCUT2D eigenvalue weighted by Crippen LogP contribution is 2.32. The number of hydrogen-bond donors (Lipinski definition) is 0. The minimum Gasteiger partial charge on any atom is -0.466 e. The minimum absolute atomic E-state index is 0.346. The molecule has 4 nitrogen and oxygen atoms in total. The number of nitrogens with zero attached hydrogens (tertiary/aromatic N) is 1. The summed E-state index contributed by atoms with van der Waals surface area (Å²) in [6, 6.07) is 7.71. The van der Waals surface area contributed by atoms with E-state index < -0.39 is 5.97 Å². The lowest BCUT2D eigenvalue weighted by atomic mass is 10.0. The molecule has 0 spiro atoms. The Labute approximate surface area is 125 Å². The Morgan fingerprint density at radius 3 is 2.80 bits per heavy atom. The molecule has 0 amide bonds. The molecule has 0 N–H and O–H groups in total. The van der Waals surface area contributed by atoms with Crippen LogP contribution >= 0.6 is 15.9 Å². The summed E-state index contributed by atoms with van der Waals surface area (Å²) in [5.41, 5.74) is 2.83. The van der Waals surface area contributed by atoms with Crippen molar-refractivity contribution in [1.29, 1.82) is 0 Å². The predicted molar refractivity (Wildman–Crippen MR) is 79.2 cm³/mol. The van der Waals surface area contributed by atoms with Crippen LogP contribution < -0.4 is 0 Å². The van der Waals surface area contributed by atoms with Crippen molar-refractivity contribution >= 4 is 21.9 Å². The molecule has 2 rings (SSSR count). The van der Waals surface area contributed by atoms with Gasteiger partial charge in [-0.05, 0) is 13.0 Å². The van der Waals surface area contributed by atoms with Crippen molar-refractivity contribution in [2.24, 2.45) is 0 Å². The van der Waals surface area contributed by atoms with Gasteiger partial charge in [0.05, 0.1) is 7.11 Å². The van der Waals surface area contributed by atoms with Crippen LogP contribution in [0, 0.1) is 6.92 Å². The maximum Gasteiger partial charge on any atom is 0.333 e. The van der Waals surface area contributed by atoms with Gasteiger partial charge in [-0.1, -0.05) is 45.9 Å². The lowest BCUT2D eigenvalue weighted by Gasteiger charge is -2.06. The SMILES string of the molecule is C=C(Cc1c(-c2ccccc2Br)noc1C)C(=O)OC. The van der Waals surface area contributed by atoms with E-state index in [0.717, 1.165) is 15.6 Å². The first-order valence-electron chi connectivity index (χ1n) is 6.00. The van der Waals surface area contributed by atoms with E-state index >= 15 is 0 Å². The zero-order valence-electron chi connectivity index (χ0n) is 11.3. The third kappa shape index (κ3) is 2.82. The highest BCUT2D eigenvalue weighted by molar-refractivity contribution is 9.10. The van der Waals surface area contributed by atoms with E-state index in [-0.39, 0.29) is 0 Å². The Bertz CT molecular complexity index is 661. The van der Waals surface area contributed by atoms with Gasteiger partial charge in [0.1, 0.15) is 11.5 Å². The van der Waals surface area contributed by atoms with Crippen LogP contribution in [0.4, 0.5) is 0 Å². The first-order valence-corrected chi connectivity index (χ1v) is 6.80. The third-order valence-electron chi connectivity index (χ3n) is 2.98. The number of ether oxygens (including phenoxy) is 1. The number of halogens is 1. The van der Waals surface area contributed by atoms with Crippen molar-refractivity contribution in [3.05, 3.63) is 52.2 Å². The Hall–Kier alpha value is -1.88. The van der Waals surface area contributed by atoms with Crippen LogP contribution in [-0.2, 0) is 16.0 Å². The number of aryl methyl sites for hydroxylation is 1. The maximum atomic E-state index is 11.5. The Morgan fingerprint density at radius 1 is 1.45 bits per heavy atom. The normalized spacial score (nSPS) is 10.3. The second kappa shape index (κ2) is 6.05. The number of hydrogen-bond acceptors (Lipinski definition) is 4. The van der Waals surface area contributed by atoms with Crippen LogP contribution in [0.2, 0.25) is 0 Å². The summed E-state index contributed by atoms with van der Waals surface area (Å²) >= 11 is 3.49. The van der Waals surface area contributed by atoms with Gasteiger partial charge in [-0.25, -0.2) is 4.79 Å². The molecule has 2 aromatic rings. The van der Waals surface area contributed by atoms with Crippen LogP contribution in [-0.4, -0.2) is 18.2 Å². The summed E-state index contributed by atoms with van der Waals surface area (Å²) in [5, 5.41) is 4.09. The molecular formula is C15H14BrNO3. The van der Waals surface area contributed by atoms with Crippen LogP contribution in [0.25, 0.3) is 11.3 Å². The first-order chi connectivity index (χ1) is 9.54. The van der Waals surface area contributed by atoms with Crippen molar-refractivity contribution in [1.82, 2.24) is 5.16 Å². The number of methoxy groups -OCH3 is 1. The van der Waals surface area contributed by atoms with E-state index in [0.29, 0.717) is 23.4 Å². The van der Waals surface area contributed by atoms with Gasteiger partial charge < -0.3 is 9.26 Å². The monoisotopic (exact) mass is 335 g/mol. The molecule has 0 bridgehead atoms. The summed E-state index contributed by atoms with van der Waals surface area (Å²) in [6.07, 6.45) is 0.346. The molecule has 1 heterocycles. The third-order valence-corrected chi connectivity index (χ3v) is 3.67. The minimum atomic E-state index is -0.427. The predicted octanol–water partition coefficient (Wildman–Crippen LogP) is 3.68. The maximum absolute atomic E-state index is 11.5. The summed E-state index contributed by atoms with van der Waals surface area (Å²) < 4.78 is 10.8. The van der Waals surface area contributed by atoms with Gasteiger partial charge in [0, 0.05) is 27.6 Å². The van der Waals surface area contributed by atoms with Gasteiger partial charge in [0.25, 0.3) is 0 Å². The van der Waals surface area contributed by atoms with E-state index in [9.17, 15) is 4.79 Å². The van der Waals surface area contributed by atoms with E-state index in [4.69, 9.17) is 4.52 Å². The average molecular weight is 336 g/mol. The molecular weight excluding hydrogens is 322 g/mol. The topological polar surface area (TPSA) is 52.3 Å². The molecule has 0 aliphatic heterocycles. The molecule has 0 radical (unpaired) electrons. The molecule has 0 fully saturated rings. The van der Waals surface area contributed by atoms with Crippen molar-refractivity contribution in [2.75, 3.05) is 7.11 Å². The lowest BCUT2D eigenvalue weighted by molar-refractivity contribution is -0.136. The van der Waals surface area contributed by atoms with E-state index in [2.05, 4.69) is 32.4 Å². The molecule has 0 saturated heterocycles. The molecule has 0 aliphatic rings. The summed E-state index contributed by atoms with van der Waals surface area (Å²) in [6.45, 7) is 5.56. The van der Waals surface area contributed by atoms with Gasteiger partial charge in [-0.15, -0.1) is 0 Å². The number of carbonyl (C=O) groups is 1. The lowest BCUT2D eigenvalue weighted by Crippen LogP contribution is -2.06. The second-order valence-electron chi connectivity index (χ2n) is 4.32. The fourth-order valence-corrected chi connectivity index (χ4v) is 2.37. The number of carbonyl (C=O) groups excluding carboxylic acids is 1. The van der Waals surface area contributed by atoms with Crippen molar-refractivity contribution in [3.63, 3.8) is 0 Å². The van der Waals surface area contributed by atoms with Crippen molar-refractivity contribution < 1.29 is 14.1 Å². The molecule has 1 aromatic carbocycles. The molecule has 0 aliphatic carbocycles. The van der Waals surface area contributed by atoms with Crippen molar-refractivity contribution in [3.8, 4) is 11.3 Å². The number of esters is 1. The highest BCUT2D eigenvalue weighted by Gasteiger charge is 2.19. The molecule has 5 heteroatoms. The zero-order chi connectivity index (χ0) is 14.7. The van der Waals surface area contributed by atoms with Crippen LogP contribution in [0.3, 0.4) is 0 Å². The molecule has 0 atom stereocenters. The Balaban J connectivity index is 2.41. The number of aromatic nitrogens is 1. The van der Waals surface area contributed by atoms with Crippen LogP contribution in [0.5, 0.6) is 0 Å². The molecule has 0 saturated carbocycles. The molecule has 1 aromatic heterocycles. The van der Waals surface area contributed by atoms with Crippen molar-refractivity contribution in [2.45, 2.75) is 13.3 Å². The second-order valence-corrected chi connectivity index (χ2v) is 5.17. The van der Waals surface area contributed by atoms with Gasteiger partial charge in [0.15, 0.2) is 0 Å². The Morgan fingerprint density at radius 2 is 2.15 bits per heavy atom. The first kappa shape index (κ1) is 14.5. The van der Waals surface area contributed by atoms with Gasteiger partial charge >= 0.3 is 5.97 Å². The number of benzene rings is 1. The standard InChI is InChI=1S/C15H14BrNO3/c1-9(15(18)19-3)8-12-10(2)20-17-14(12)11-6-4-5-7-13(11)16/h4-7H,1,8H2,2-3H3. The largest absolute Gasteiger partial charge is 0.466 e. The van der Waals surface area contributed by atoms with E-state index in [1.165, 1.54) is 7.11 Å². The summed E-state index contributed by atoms with van der Waals surface area (Å²) in [4.78, 5) is 11.5. The summed E-state index contributed by atoms with van der Waals surface area (Å²) in [5.74, 6) is 0.240. The van der Waals surface area contributed by atoms with Crippen LogP contribution in [0.15, 0.2) is 45.4 Å². The average Bonchev–Trinajstić information content (AvgIpc) is 2.80. The van der Waals surface area contributed by atoms with Gasteiger partial charge in [-0.3, -0.25) is 0 Å². The van der Waals surface area contributed by atoms with E-state index in [1.54, 1.807) is 0 Å². The fourth-order valence-electron chi connectivity index (χ4n) is 1.89. The van der Waals surface area contributed by atoms with Gasteiger partial charge in [0.2, 0.25) is 0 Å². The molecule has 104 valence electrons. The van der Waals surface area contributed by atoms with Gasteiger partial charge in [-0.2, -0.15) is 0 Å². The fraction of sp³-hybridized carbons (Fsp3) is 0.200. The molecule has 0 unspecified atom stereocenters.